The maximum absolute atomic E-state index is 14.5. The molecule has 0 unspecified atom stereocenters. The van der Waals surface area contributed by atoms with Gasteiger partial charge in [0.2, 0.25) is 0 Å². The predicted octanol–water partition coefficient (Wildman–Crippen LogP) is 3.30. The van der Waals surface area contributed by atoms with Crippen LogP contribution in [0.4, 0.5) is 15.9 Å². The quantitative estimate of drug-likeness (QED) is 0.361. The number of halogens is 3. The predicted molar refractivity (Wildman–Crippen MR) is 125 cm³/mol. The first-order valence-corrected chi connectivity index (χ1v) is 11.0. The van der Waals surface area contributed by atoms with Crippen molar-refractivity contribution < 1.29 is 9.13 Å². The SMILES string of the molecule is N=C(c1ccc(N2CC3(CNC3)C2)nc1)c1cc(OCc2c(Cl)cnnc2Cl)c(F)cc1N. The fraction of sp³-hybridized carbons (Fsp3) is 0.273. The van der Waals surface area contributed by atoms with Gasteiger partial charge in [-0.1, -0.05) is 23.2 Å². The number of benzene rings is 1. The first-order valence-electron chi connectivity index (χ1n) is 10.2. The van der Waals surface area contributed by atoms with Crippen molar-refractivity contribution in [1.82, 2.24) is 20.5 Å². The molecule has 1 spiro atoms. The molecule has 2 fully saturated rings. The lowest BCUT2D eigenvalue weighted by atomic mass is 9.74. The first kappa shape index (κ1) is 21.8. The Balaban J connectivity index is 1.32. The van der Waals surface area contributed by atoms with E-state index in [9.17, 15) is 4.39 Å². The van der Waals surface area contributed by atoms with E-state index in [1.807, 2.05) is 12.1 Å². The summed E-state index contributed by atoms with van der Waals surface area (Å²) >= 11 is 12.1. The molecule has 2 aliphatic rings. The summed E-state index contributed by atoms with van der Waals surface area (Å²) in [6.45, 7) is 3.95. The van der Waals surface area contributed by atoms with Crippen LogP contribution in [-0.4, -0.2) is 47.1 Å². The van der Waals surface area contributed by atoms with E-state index < -0.39 is 5.82 Å². The number of nitrogens with two attached hydrogens (primary N) is 1. The minimum Gasteiger partial charge on any atom is -0.486 e. The van der Waals surface area contributed by atoms with Crippen molar-refractivity contribution in [2.45, 2.75) is 6.61 Å². The zero-order valence-electron chi connectivity index (χ0n) is 17.4. The third-order valence-electron chi connectivity index (χ3n) is 6.01. The van der Waals surface area contributed by atoms with Crippen molar-refractivity contribution >= 4 is 40.4 Å². The summed E-state index contributed by atoms with van der Waals surface area (Å²) in [6, 6.07) is 6.22. The highest BCUT2D eigenvalue weighted by Crippen LogP contribution is 2.36. The monoisotopic (exact) mass is 487 g/mol. The molecule has 2 saturated heterocycles. The van der Waals surface area contributed by atoms with Gasteiger partial charge in [0.15, 0.2) is 16.7 Å². The van der Waals surface area contributed by atoms with Crippen molar-refractivity contribution in [3.63, 3.8) is 0 Å². The van der Waals surface area contributed by atoms with E-state index in [4.69, 9.17) is 39.1 Å². The van der Waals surface area contributed by atoms with Crippen LogP contribution in [0, 0.1) is 16.6 Å². The normalized spacial score (nSPS) is 16.3. The number of nitrogen functional groups attached to an aromatic ring is 1. The maximum Gasteiger partial charge on any atom is 0.167 e. The molecular formula is C22H20Cl2FN7O. The zero-order valence-corrected chi connectivity index (χ0v) is 18.9. The first-order chi connectivity index (χ1) is 15.8. The number of ether oxygens (including phenoxy) is 1. The second-order valence-electron chi connectivity index (χ2n) is 8.36. The van der Waals surface area contributed by atoms with Crippen molar-refractivity contribution in [3.8, 4) is 5.75 Å². The average Bonchev–Trinajstić information content (AvgIpc) is 2.73. The standard InChI is InChI=1S/C22H20Cl2FN7O/c23-15-6-30-31-21(24)14(15)7-33-18-3-13(17(26)4-16(18)25)20(27)12-1-2-19(29-5-12)32-10-22(11-32)8-28-9-22/h1-6,27-28H,7-11,26H2. The summed E-state index contributed by atoms with van der Waals surface area (Å²) in [6.07, 6.45) is 2.96. The number of aromatic nitrogens is 3. The second-order valence-corrected chi connectivity index (χ2v) is 9.13. The Morgan fingerprint density at radius 1 is 1.24 bits per heavy atom. The third-order valence-corrected chi connectivity index (χ3v) is 6.64. The Labute approximate surface area is 199 Å². The van der Waals surface area contributed by atoms with Crippen LogP contribution in [0.1, 0.15) is 16.7 Å². The van der Waals surface area contributed by atoms with Crippen LogP contribution in [0.5, 0.6) is 5.75 Å². The molecule has 0 bridgehead atoms. The zero-order chi connectivity index (χ0) is 23.2. The molecule has 0 radical (unpaired) electrons. The van der Waals surface area contributed by atoms with Gasteiger partial charge in [-0.2, -0.15) is 5.10 Å². The highest BCUT2D eigenvalue weighted by molar-refractivity contribution is 6.35. The molecule has 1 aromatic carbocycles. The number of hydrogen-bond donors (Lipinski definition) is 3. The molecule has 5 rings (SSSR count). The van der Waals surface area contributed by atoms with Crippen LogP contribution in [-0.2, 0) is 6.61 Å². The van der Waals surface area contributed by atoms with E-state index in [0.29, 0.717) is 22.1 Å². The number of anilines is 2. The van der Waals surface area contributed by atoms with Crippen LogP contribution in [0.2, 0.25) is 10.2 Å². The Bertz CT molecular complexity index is 1210. The summed E-state index contributed by atoms with van der Waals surface area (Å²) in [5.41, 5.74) is 7.92. The summed E-state index contributed by atoms with van der Waals surface area (Å²) in [5, 5.41) is 19.6. The number of pyridine rings is 1. The molecule has 0 atom stereocenters. The van der Waals surface area contributed by atoms with Gasteiger partial charge in [0.25, 0.3) is 0 Å². The third kappa shape index (κ3) is 4.07. The summed E-state index contributed by atoms with van der Waals surface area (Å²) in [4.78, 5) is 6.73. The molecule has 33 heavy (non-hydrogen) atoms. The molecule has 11 heteroatoms. The van der Waals surface area contributed by atoms with Crippen LogP contribution >= 0.6 is 23.2 Å². The van der Waals surface area contributed by atoms with Gasteiger partial charge in [0.05, 0.1) is 16.9 Å². The molecule has 4 N–H and O–H groups in total. The number of rotatable bonds is 6. The van der Waals surface area contributed by atoms with Gasteiger partial charge >= 0.3 is 0 Å². The smallest absolute Gasteiger partial charge is 0.167 e. The fourth-order valence-electron chi connectivity index (χ4n) is 4.05. The summed E-state index contributed by atoms with van der Waals surface area (Å²) in [7, 11) is 0. The molecule has 0 aliphatic carbocycles. The molecule has 3 aromatic rings. The molecule has 8 nitrogen and oxygen atoms in total. The van der Waals surface area contributed by atoms with E-state index in [0.717, 1.165) is 38.1 Å². The number of nitrogens with one attached hydrogen (secondary N) is 2. The van der Waals surface area contributed by atoms with Crippen molar-refractivity contribution in [3.05, 3.63) is 69.3 Å². The Morgan fingerprint density at radius 3 is 2.67 bits per heavy atom. The summed E-state index contributed by atoms with van der Waals surface area (Å²) in [5.74, 6) is 0.126. The lowest BCUT2D eigenvalue weighted by Gasteiger charge is -2.56. The van der Waals surface area contributed by atoms with Crippen LogP contribution in [0.15, 0.2) is 36.7 Å². The van der Waals surface area contributed by atoms with Crippen molar-refractivity contribution in [2.75, 3.05) is 36.8 Å². The van der Waals surface area contributed by atoms with E-state index in [2.05, 4.69) is 25.4 Å². The highest BCUT2D eigenvalue weighted by Gasteiger charge is 2.47. The molecule has 2 aliphatic heterocycles. The van der Waals surface area contributed by atoms with E-state index in [1.54, 1.807) is 6.20 Å². The van der Waals surface area contributed by atoms with Gasteiger partial charge in [-0.25, -0.2) is 9.37 Å². The molecule has 170 valence electrons. The largest absolute Gasteiger partial charge is 0.486 e. The van der Waals surface area contributed by atoms with Gasteiger partial charge in [0, 0.05) is 66.2 Å². The number of hydrogen-bond acceptors (Lipinski definition) is 8. The van der Waals surface area contributed by atoms with Crippen LogP contribution in [0.3, 0.4) is 0 Å². The topological polar surface area (TPSA) is 113 Å². The van der Waals surface area contributed by atoms with E-state index in [-0.39, 0.29) is 33.9 Å². The lowest BCUT2D eigenvalue weighted by Crippen LogP contribution is -2.71. The van der Waals surface area contributed by atoms with Crippen molar-refractivity contribution in [1.29, 1.82) is 5.41 Å². The van der Waals surface area contributed by atoms with Crippen LogP contribution in [0.25, 0.3) is 0 Å². The molecule has 2 aromatic heterocycles. The van der Waals surface area contributed by atoms with Gasteiger partial charge in [-0.05, 0) is 18.2 Å². The summed E-state index contributed by atoms with van der Waals surface area (Å²) < 4.78 is 20.1. The average molecular weight is 488 g/mol. The Morgan fingerprint density at radius 2 is 2.03 bits per heavy atom. The number of nitrogens with zero attached hydrogens (tertiary/aromatic N) is 4. The molecule has 4 heterocycles. The molecule has 0 saturated carbocycles. The lowest BCUT2D eigenvalue weighted by molar-refractivity contribution is 0.120. The van der Waals surface area contributed by atoms with E-state index >= 15 is 0 Å². The fourth-order valence-corrected chi connectivity index (χ4v) is 4.48. The van der Waals surface area contributed by atoms with Gasteiger partial charge in [-0.3, -0.25) is 5.41 Å². The minimum absolute atomic E-state index is 0.0687. The van der Waals surface area contributed by atoms with Crippen LogP contribution < -0.4 is 20.7 Å². The minimum atomic E-state index is -0.663. The van der Waals surface area contributed by atoms with Crippen molar-refractivity contribution in [2.24, 2.45) is 5.41 Å². The molecule has 0 amide bonds. The second kappa shape index (κ2) is 8.40. The van der Waals surface area contributed by atoms with Gasteiger partial charge in [-0.15, -0.1) is 5.10 Å². The highest BCUT2D eigenvalue weighted by atomic mass is 35.5. The Hall–Kier alpha value is -3.01. The Kier molecular flexibility index (Phi) is 5.55. The van der Waals surface area contributed by atoms with Gasteiger partial charge in [0.1, 0.15) is 12.4 Å². The molecular weight excluding hydrogens is 468 g/mol. The van der Waals surface area contributed by atoms with Gasteiger partial charge < -0.3 is 20.7 Å². The van der Waals surface area contributed by atoms with E-state index in [1.165, 1.54) is 12.3 Å². The maximum atomic E-state index is 14.5.